The minimum absolute atomic E-state index is 0.00653. The molecule has 1 aromatic carbocycles. The first kappa shape index (κ1) is 17.0. The standard InChI is InChI=1S/C15H26N2O2S/c1-3-4-5-6-7-13(2)17-20(18,19)12-14-8-10-15(16)11-9-14/h8-11,13,17H,3-7,12,16H2,1-2H3. The number of hydrogen-bond donors (Lipinski definition) is 2. The number of nitrogen functional groups attached to an aromatic ring is 1. The number of nitrogens with one attached hydrogen (secondary N) is 1. The lowest BCUT2D eigenvalue weighted by Crippen LogP contribution is -2.33. The largest absolute Gasteiger partial charge is 0.399 e. The molecule has 4 nitrogen and oxygen atoms in total. The van der Waals surface area contributed by atoms with Crippen molar-refractivity contribution in [1.82, 2.24) is 4.72 Å². The maximum atomic E-state index is 12.0. The van der Waals surface area contributed by atoms with Gasteiger partial charge in [-0.05, 0) is 31.0 Å². The summed E-state index contributed by atoms with van der Waals surface area (Å²) >= 11 is 0. The minimum atomic E-state index is -3.28. The third-order valence-corrected chi connectivity index (χ3v) is 4.68. The highest BCUT2D eigenvalue weighted by atomic mass is 32.2. The van der Waals surface area contributed by atoms with E-state index in [9.17, 15) is 8.42 Å². The number of anilines is 1. The lowest BCUT2D eigenvalue weighted by molar-refractivity contribution is 0.521. The van der Waals surface area contributed by atoms with Crippen LogP contribution in [0.1, 0.15) is 51.5 Å². The Balaban J connectivity index is 2.42. The van der Waals surface area contributed by atoms with Gasteiger partial charge in [0.1, 0.15) is 0 Å². The molecule has 3 N–H and O–H groups in total. The van der Waals surface area contributed by atoms with Gasteiger partial charge >= 0.3 is 0 Å². The molecule has 0 aliphatic rings. The molecule has 0 amide bonds. The topological polar surface area (TPSA) is 72.2 Å². The van der Waals surface area contributed by atoms with E-state index < -0.39 is 10.0 Å². The molecule has 1 atom stereocenters. The Morgan fingerprint density at radius 3 is 2.40 bits per heavy atom. The van der Waals surface area contributed by atoms with E-state index in [-0.39, 0.29) is 11.8 Å². The Hall–Kier alpha value is -1.07. The van der Waals surface area contributed by atoms with Crippen LogP contribution in [0.5, 0.6) is 0 Å². The summed E-state index contributed by atoms with van der Waals surface area (Å²) in [5.41, 5.74) is 6.98. The van der Waals surface area contributed by atoms with E-state index in [4.69, 9.17) is 5.73 Å². The molecule has 0 fully saturated rings. The molecular weight excluding hydrogens is 272 g/mol. The molecule has 0 spiro atoms. The van der Waals surface area contributed by atoms with E-state index >= 15 is 0 Å². The number of hydrogen-bond acceptors (Lipinski definition) is 3. The first-order valence-electron chi connectivity index (χ1n) is 7.27. The number of sulfonamides is 1. The van der Waals surface area contributed by atoms with Crippen LogP contribution >= 0.6 is 0 Å². The molecule has 0 radical (unpaired) electrons. The zero-order valence-corrected chi connectivity index (χ0v) is 13.2. The summed E-state index contributed by atoms with van der Waals surface area (Å²) in [7, 11) is -3.28. The second kappa shape index (κ2) is 8.27. The van der Waals surface area contributed by atoms with Crippen molar-refractivity contribution in [2.24, 2.45) is 0 Å². The Bertz CT molecular complexity index is 483. The average molecular weight is 298 g/mol. The zero-order chi connectivity index (χ0) is 15.0. The van der Waals surface area contributed by atoms with Crippen LogP contribution < -0.4 is 10.5 Å². The normalized spacial score (nSPS) is 13.3. The van der Waals surface area contributed by atoms with Crippen LogP contribution in [0.3, 0.4) is 0 Å². The molecule has 1 aromatic rings. The minimum Gasteiger partial charge on any atom is -0.399 e. The van der Waals surface area contributed by atoms with Gasteiger partial charge in [-0.1, -0.05) is 44.7 Å². The van der Waals surface area contributed by atoms with Gasteiger partial charge in [-0.3, -0.25) is 0 Å². The van der Waals surface area contributed by atoms with E-state index in [0.717, 1.165) is 18.4 Å². The second-order valence-electron chi connectivity index (χ2n) is 5.37. The van der Waals surface area contributed by atoms with Gasteiger partial charge in [0.25, 0.3) is 0 Å². The van der Waals surface area contributed by atoms with Crippen LogP contribution in [0.15, 0.2) is 24.3 Å². The number of benzene rings is 1. The number of nitrogens with two attached hydrogens (primary N) is 1. The first-order valence-corrected chi connectivity index (χ1v) is 8.92. The quantitative estimate of drug-likeness (QED) is 0.543. The average Bonchev–Trinajstić information content (AvgIpc) is 2.36. The highest BCUT2D eigenvalue weighted by Gasteiger charge is 2.14. The predicted octanol–water partition coefficient (Wildman–Crippen LogP) is 3.05. The summed E-state index contributed by atoms with van der Waals surface area (Å²) in [6.07, 6.45) is 5.53. The molecule has 5 heteroatoms. The van der Waals surface area contributed by atoms with Gasteiger partial charge in [0.2, 0.25) is 10.0 Å². The van der Waals surface area contributed by atoms with E-state index in [0.29, 0.717) is 5.69 Å². The molecule has 0 aliphatic heterocycles. The van der Waals surface area contributed by atoms with Gasteiger partial charge in [0, 0.05) is 11.7 Å². The number of unbranched alkanes of at least 4 members (excludes halogenated alkanes) is 3. The second-order valence-corrected chi connectivity index (χ2v) is 7.12. The fraction of sp³-hybridized carbons (Fsp3) is 0.600. The van der Waals surface area contributed by atoms with Gasteiger partial charge in [-0.25, -0.2) is 13.1 Å². The summed E-state index contributed by atoms with van der Waals surface area (Å²) in [5, 5.41) is 0. The molecule has 0 saturated heterocycles. The molecule has 0 aromatic heterocycles. The van der Waals surface area contributed by atoms with Crippen molar-refractivity contribution in [3.8, 4) is 0 Å². The maximum absolute atomic E-state index is 12.0. The fourth-order valence-electron chi connectivity index (χ4n) is 2.12. The number of rotatable bonds is 9. The van der Waals surface area contributed by atoms with Crippen LogP contribution in [0.2, 0.25) is 0 Å². The van der Waals surface area contributed by atoms with Crippen LogP contribution in [0.25, 0.3) is 0 Å². The SMILES string of the molecule is CCCCCCC(C)NS(=O)(=O)Cc1ccc(N)cc1. The Morgan fingerprint density at radius 2 is 1.80 bits per heavy atom. The Morgan fingerprint density at radius 1 is 1.15 bits per heavy atom. The van der Waals surface area contributed by atoms with Crippen molar-refractivity contribution in [2.45, 2.75) is 57.7 Å². The molecule has 0 saturated carbocycles. The molecule has 20 heavy (non-hydrogen) atoms. The Kier molecular flexibility index (Phi) is 7.02. The van der Waals surface area contributed by atoms with Crippen molar-refractivity contribution in [1.29, 1.82) is 0 Å². The highest BCUT2D eigenvalue weighted by Crippen LogP contribution is 2.11. The molecular formula is C15H26N2O2S. The van der Waals surface area contributed by atoms with E-state index in [2.05, 4.69) is 11.6 Å². The lowest BCUT2D eigenvalue weighted by atomic mass is 10.1. The highest BCUT2D eigenvalue weighted by molar-refractivity contribution is 7.88. The molecule has 0 heterocycles. The van der Waals surface area contributed by atoms with Crippen molar-refractivity contribution in [2.75, 3.05) is 5.73 Å². The fourth-order valence-corrected chi connectivity index (χ4v) is 3.56. The molecule has 1 rings (SSSR count). The van der Waals surface area contributed by atoms with Crippen molar-refractivity contribution in [3.05, 3.63) is 29.8 Å². The van der Waals surface area contributed by atoms with Crippen LogP contribution in [0, 0.1) is 0 Å². The van der Waals surface area contributed by atoms with Crippen LogP contribution in [0.4, 0.5) is 5.69 Å². The third kappa shape index (κ3) is 6.91. The monoisotopic (exact) mass is 298 g/mol. The maximum Gasteiger partial charge on any atom is 0.216 e. The van der Waals surface area contributed by atoms with Crippen LogP contribution in [-0.2, 0) is 15.8 Å². The molecule has 1 unspecified atom stereocenters. The summed E-state index contributed by atoms with van der Waals surface area (Å²) in [5.74, 6) is 0.00653. The van der Waals surface area contributed by atoms with Gasteiger partial charge in [0.15, 0.2) is 0 Å². The van der Waals surface area contributed by atoms with E-state index in [1.807, 2.05) is 6.92 Å². The van der Waals surface area contributed by atoms with Gasteiger partial charge in [-0.15, -0.1) is 0 Å². The van der Waals surface area contributed by atoms with Gasteiger partial charge in [-0.2, -0.15) is 0 Å². The van der Waals surface area contributed by atoms with Crippen molar-refractivity contribution >= 4 is 15.7 Å². The molecule has 0 bridgehead atoms. The van der Waals surface area contributed by atoms with Crippen LogP contribution in [-0.4, -0.2) is 14.5 Å². The Labute approximate surface area is 122 Å². The lowest BCUT2D eigenvalue weighted by Gasteiger charge is -2.14. The van der Waals surface area contributed by atoms with Crippen molar-refractivity contribution < 1.29 is 8.42 Å². The van der Waals surface area contributed by atoms with E-state index in [1.54, 1.807) is 24.3 Å². The summed E-state index contributed by atoms with van der Waals surface area (Å²) in [6.45, 7) is 4.09. The van der Waals surface area contributed by atoms with Gasteiger partial charge in [0.05, 0.1) is 5.75 Å². The summed E-state index contributed by atoms with van der Waals surface area (Å²) < 4.78 is 26.8. The summed E-state index contributed by atoms with van der Waals surface area (Å²) in [6, 6.07) is 6.93. The predicted molar refractivity (Wildman–Crippen MR) is 84.8 cm³/mol. The third-order valence-electron chi connectivity index (χ3n) is 3.21. The smallest absolute Gasteiger partial charge is 0.216 e. The summed E-state index contributed by atoms with van der Waals surface area (Å²) in [4.78, 5) is 0. The van der Waals surface area contributed by atoms with E-state index in [1.165, 1.54) is 19.3 Å². The first-order chi connectivity index (χ1) is 9.43. The van der Waals surface area contributed by atoms with Gasteiger partial charge < -0.3 is 5.73 Å². The van der Waals surface area contributed by atoms with Crippen molar-refractivity contribution in [3.63, 3.8) is 0 Å². The molecule has 0 aliphatic carbocycles. The zero-order valence-electron chi connectivity index (χ0n) is 12.4. The molecule has 114 valence electrons.